The number of ether oxygens (including phenoxy) is 3. The van der Waals surface area contributed by atoms with Gasteiger partial charge < -0.3 is 18.4 Å². The monoisotopic (exact) mass is 386 g/mol. The van der Waals surface area contributed by atoms with Gasteiger partial charge in [-0.25, -0.2) is 0 Å². The van der Waals surface area contributed by atoms with Crippen molar-refractivity contribution in [1.29, 1.82) is 0 Å². The molecule has 0 aliphatic rings. The molecule has 5 heteroatoms. The van der Waals surface area contributed by atoms with Gasteiger partial charge in [0.05, 0.1) is 24.6 Å². The summed E-state index contributed by atoms with van der Waals surface area (Å²) in [4.78, 5) is 0. The van der Waals surface area contributed by atoms with Gasteiger partial charge in [-0.2, -0.15) is 0 Å². The van der Waals surface area contributed by atoms with Gasteiger partial charge in [0.25, 0.3) is 0 Å². The van der Waals surface area contributed by atoms with Crippen LogP contribution in [0.5, 0.6) is 11.5 Å². The number of hydrogen-bond donors (Lipinski definition) is 0. The smallest absolute Gasteiger partial charge is 0.170 e. The number of hydrogen-bond acceptors (Lipinski definition) is 5. The Kier molecular flexibility index (Phi) is 8.14. The molecule has 2 aromatic carbocycles. The summed E-state index contributed by atoms with van der Waals surface area (Å²) < 4.78 is 21.3. The third-order valence-electron chi connectivity index (χ3n) is 4.13. The Morgan fingerprint density at radius 3 is 1.93 bits per heavy atom. The van der Waals surface area contributed by atoms with Crippen LogP contribution in [0.4, 0.5) is 0 Å². The van der Waals surface area contributed by atoms with Crippen molar-refractivity contribution in [3.8, 4) is 11.5 Å². The van der Waals surface area contributed by atoms with E-state index in [1.165, 1.54) is 35.7 Å². The minimum atomic E-state index is -0.137. The van der Waals surface area contributed by atoms with Crippen LogP contribution in [0.1, 0.15) is 25.0 Å². The van der Waals surface area contributed by atoms with Gasteiger partial charge in [-0.1, -0.05) is 51.3 Å². The molecule has 0 aliphatic carbocycles. The van der Waals surface area contributed by atoms with Crippen LogP contribution in [0, 0.1) is 0 Å². The summed E-state index contributed by atoms with van der Waals surface area (Å²) in [6.07, 6.45) is 2.81. The molecule has 0 radical (unpaired) electrons. The highest BCUT2D eigenvalue weighted by atomic mass is 32.2. The van der Waals surface area contributed by atoms with Crippen LogP contribution in [-0.2, 0) is 14.9 Å². The van der Waals surface area contributed by atoms with Crippen molar-refractivity contribution in [2.75, 3.05) is 19.2 Å². The van der Waals surface area contributed by atoms with Crippen LogP contribution in [0.15, 0.2) is 74.2 Å². The highest BCUT2D eigenvalue weighted by Gasteiger charge is 2.23. The molecule has 0 unspecified atom stereocenters. The Bertz CT molecular complexity index is 647. The molecule has 0 aromatic heterocycles. The van der Waals surface area contributed by atoms with Gasteiger partial charge >= 0.3 is 0 Å². The molecule has 2 aromatic rings. The highest BCUT2D eigenvalue weighted by Crippen LogP contribution is 2.33. The maximum Gasteiger partial charge on any atom is 0.170 e. The molecular formula is C22H26O4S. The zero-order valence-corrected chi connectivity index (χ0v) is 16.7. The first-order chi connectivity index (χ1) is 13.1. The lowest BCUT2D eigenvalue weighted by atomic mass is 9.78. The van der Waals surface area contributed by atoms with E-state index in [1.54, 1.807) is 0 Å². The lowest BCUT2D eigenvalue weighted by Gasteiger charge is -2.26. The molecule has 0 aliphatic heterocycles. The lowest BCUT2D eigenvalue weighted by molar-refractivity contribution is 0.179. The van der Waals surface area contributed by atoms with Crippen molar-refractivity contribution in [3.05, 3.63) is 85.3 Å². The quantitative estimate of drug-likeness (QED) is 0.202. The third-order valence-corrected chi connectivity index (χ3v) is 4.67. The SMILES string of the molecule is C=COCCOc1ccc(C(C)(C)c2ccc(OSCOC=C)cc2)cc1. The zero-order chi connectivity index (χ0) is 19.5. The molecule has 0 fully saturated rings. The second kappa shape index (κ2) is 10.6. The average molecular weight is 387 g/mol. The summed E-state index contributed by atoms with van der Waals surface area (Å²) in [7, 11) is 0. The number of rotatable bonds is 12. The first-order valence-corrected chi connectivity index (χ1v) is 9.57. The molecule has 144 valence electrons. The molecule has 0 saturated carbocycles. The van der Waals surface area contributed by atoms with E-state index in [0.29, 0.717) is 19.2 Å². The highest BCUT2D eigenvalue weighted by molar-refractivity contribution is 7.94. The van der Waals surface area contributed by atoms with Crippen molar-refractivity contribution >= 4 is 12.0 Å². The van der Waals surface area contributed by atoms with E-state index >= 15 is 0 Å². The summed E-state index contributed by atoms with van der Waals surface area (Å²) in [5.74, 6) is 2.02. The van der Waals surface area contributed by atoms with Crippen molar-refractivity contribution in [2.24, 2.45) is 0 Å². The van der Waals surface area contributed by atoms with E-state index < -0.39 is 0 Å². The predicted molar refractivity (Wildman–Crippen MR) is 111 cm³/mol. The molecule has 0 bridgehead atoms. The van der Waals surface area contributed by atoms with Gasteiger partial charge in [0.15, 0.2) is 5.94 Å². The Morgan fingerprint density at radius 2 is 1.37 bits per heavy atom. The van der Waals surface area contributed by atoms with Gasteiger partial charge in [0, 0.05) is 5.41 Å². The van der Waals surface area contributed by atoms with Crippen LogP contribution in [0.25, 0.3) is 0 Å². The Morgan fingerprint density at radius 1 is 0.815 bits per heavy atom. The molecule has 0 N–H and O–H groups in total. The first kappa shape index (κ1) is 20.8. The fraction of sp³-hybridized carbons (Fsp3) is 0.273. The lowest BCUT2D eigenvalue weighted by Crippen LogP contribution is -2.18. The fourth-order valence-corrected chi connectivity index (χ4v) is 2.97. The average Bonchev–Trinajstić information content (AvgIpc) is 2.69. The van der Waals surface area contributed by atoms with Crippen LogP contribution in [-0.4, -0.2) is 19.2 Å². The molecule has 0 amide bonds. The van der Waals surface area contributed by atoms with Crippen LogP contribution in [0.2, 0.25) is 0 Å². The summed E-state index contributed by atoms with van der Waals surface area (Å²) >= 11 is 1.23. The molecule has 0 spiro atoms. The van der Waals surface area contributed by atoms with Gasteiger partial charge in [-0.05, 0) is 35.4 Å². The van der Waals surface area contributed by atoms with Gasteiger partial charge in [0.2, 0.25) is 0 Å². The number of benzene rings is 2. The van der Waals surface area contributed by atoms with Gasteiger partial charge in [-0.3, -0.25) is 0 Å². The summed E-state index contributed by atoms with van der Waals surface area (Å²) in [6.45, 7) is 12.4. The fourth-order valence-electron chi connectivity index (χ4n) is 2.52. The van der Waals surface area contributed by atoms with Crippen LogP contribution in [0.3, 0.4) is 0 Å². The van der Waals surface area contributed by atoms with Gasteiger partial charge in [-0.15, -0.1) is 0 Å². The van der Waals surface area contributed by atoms with Crippen molar-refractivity contribution < 1.29 is 18.4 Å². The summed E-state index contributed by atoms with van der Waals surface area (Å²) in [5.41, 5.74) is 2.28. The van der Waals surface area contributed by atoms with E-state index in [4.69, 9.17) is 18.4 Å². The maximum absolute atomic E-state index is 5.64. The second-order valence-electron chi connectivity index (χ2n) is 6.21. The Labute approximate surface area is 166 Å². The Hall–Kier alpha value is -2.53. The van der Waals surface area contributed by atoms with Crippen LogP contribution >= 0.6 is 12.0 Å². The molecule has 0 saturated heterocycles. The molecule has 27 heavy (non-hydrogen) atoms. The summed E-state index contributed by atoms with van der Waals surface area (Å²) in [5, 5.41) is 0. The standard InChI is InChI=1S/C22H26O4S/c1-5-23-15-16-25-20-11-7-18(8-12-20)22(3,4)19-9-13-21(14-10-19)26-27-17-24-6-2/h5-14H,1-2,15-17H2,3-4H3. The van der Waals surface area contributed by atoms with Crippen LogP contribution < -0.4 is 8.92 Å². The zero-order valence-electron chi connectivity index (χ0n) is 15.9. The normalized spacial score (nSPS) is 10.7. The Balaban J connectivity index is 1.97. The maximum atomic E-state index is 5.64. The van der Waals surface area contributed by atoms with Gasteiger partial charge in [0.1, 0.15) is 24.7 Å². The topological polar surface area (TPSA) is 36.9 Å². The predicted octanol–water partition coefficient (Wildman–Crippen LogP) is 5.70. The molecule has 0 heterocycles. The van der Waals surface area contributed by atoms with Crippen molar-refractivity contribution in [3.63, 3.8) is 0 Å². The molecular weight excluding hydrogens is 360 g/mol. The van der Waals surface area contributed by atoms with E-state index in [0.717, 1.165) is 11.5 Å². The van der Waals surface area contributed by atoms with E-state index in [1.807, 2.05) is 24.3 Å². The van der Waals surface area contributed by atoms with Crippen molar-refractivity contribution in [1.82, 2.24) is 0 Å². The molecule has 4 nitrogen and oxygen atoms in total. The first-order valence-electron chi connectivity index (χ1n) is 8.66. The third kappa shape index (κ3) is 6.29. The molecule has 0 atom stereocenters. The van der Waals surface area contributed by atoms with E-state index in [-0.39, 0.29) is 5.41 Å². The molecule has 2 rings (SSSR count). The van der Waals surface area contributed by atoms with E-state index in [2.05, 4.69) is 51.3 Å². The van der Waals surface area contributed by atoms with E-state index in [9.17, 15) is 0 Å². The summed E-state index contributed by atoms with van der Waals surface area (Å²) in [6, 6.07) is 16.3. The second-order valence-corrected chi connectivity index (χ2v) is 6.85. The largest absolute Gasteiger partial charge is 0.498 e. The van der Waals surface area contributed by atoms with Crippen molar-refractivity contribution in [2.45, 2.75) is 19.3 Å². The minimum absolute atomic E-state index is 0.137. The minimum Gasteiger partial charge on any atom is -0.498 e.